The number of benzene rings is 1. The molecule has 0 aliphatic carbocycles. The zero-order valence-electron chi connectivity index (χ0n) is 12.0. The topological polar surface area (TPSA) is 53.4 Å². The summed E-state index contributed by atoms with van der Waals surface area (Å²) in [5.41, 5.74) is 2.14. The summed E-state index contributed by atoms with van der Waals surface area (Å²) < 4.78 is 0. The average molecular weight is 337 g/mol. The fourth-order valence-electron chi connectivity index (χ4n) is 2.78. The quantitative estimate of drug-likeness (QED) is 0.908. The van der Waals surface area contributed by atoms with Gasteiger partial charge in [0.05, 0.1) is 10.7 Å². The van der Waals surface area contributed by atoms with Crippen LogP contribution in [-0.2, 0) is 17.8 Å². The molecule has 1 fully saturated rings. The molecule has 0 bridgehead atoms. The van der Waals surface area contributed by atoms with E-state index in [1.54, 1.807) is 11.3 Å². The van der Waals surface area contributed by atoms with Crippen LogP contribution in [0.15, 0.2) is 29.6 Å². The zero-order chi connectivity index (χ0) is 15.5. The van der Waals surface area contributed by atoms with Gasteiger partial charge in [0, 0.05) is 23.4 Å². The van der Waals surface area contributed by atoms with Crippen LogP contribution in [0.5, 0.6) is 0 Å². The van der Waals surface area contributed by atoms with Gasteiger partial charge in [0.25, 0.3) is 0 Å². The lowest BCUT2D eigenvalue weighted by Gasteiger charge is -2.19. The van der Waals surface area contributed by atoms with Gasteiger partial charge in [-0.15, -0.1) is 11.3 Å². The molecule has 0 saturated carbocycles. The predicted molar refractivity (Wildman–Crippen MR) is 87.4 cm³/mol. The lowest BCUT2D eigenvalue weighted by atomic mass is 10.2. The van der Waals surface area contributed by atoms with Crippen LogP contribution in [0.3, 0.4) is 0 Å². The maximum atomic E-state index is 11.2. The maximum Gasteiger partial charge on any atom is 0.320 e. The van der Waals surface area contributed by atoms with Crippen LogP contribution in [0, 0.1) is 0 Å². The third-order valence-corrected chi connectivity index (χ3v) is 5.03. The zero-order valence-corrected chi connectivity index (χ0v) is 13.6. The van der Waals surface area contributed by atoms with E-state index in [1.165, 1.54) is 5.56 Å². The number of carboxylic acid groups (broad SMARTS) is 1. The molecule has 0 spiro atoms. The first-order valence-electron chi connectivity index (χ1n) is 7.26. The molecule has 0 amide bonds. The van der Waals surface area contributed by atoms with Gasteiger partial charge in [-0.3, -0.25) is 9.69 Å². The van der Waals surface area contributed by atoms with E-state index in [2.05, 4.69) is 4.98 Å². The summed E-state index contributed by atoms with van der Waals surface area (Å²) in [7, 11) is 0. The third-order valence-electron chi connectivity index (χ3n) is 3.88. The highest BCUT2D eigenvalue weighted by atomic mass is 35.5. The Morgan fingerprint density at radius 3 is 2.91 bits per heavy atom. The first kappa shape index (κ1) is 15.5. The minimum absolute atomic E-state index is 0.360. The molecule has 1 aromatic carbocycles. The Hall–Kier alpha value is -1.43. The maximum absolute atomic E-state index is 11.2. The molecule has 22 heavy (non-hydrogen) atoms. The number of rotatable bonds is 5. The molecule has 2 heterocycles. The minimum Gasteiger partial charge on any atom is -0.480 e. The van der Waals surface area contributed by atoms with Gasteiger partial charge in [-0.25, -0.2) is 4.98 Å². The van der Waals surface area contributed by atoms with Crippen molar-refractivity contribution < 1.29 is 9.90 Å². The van der Waals surface area contributed by atoms with Crippen molar-refractivity contribution in [2.45, 2.75) is 31.8 Å². The molecule has 0 unspecified atom stereocenters. The number of nitrogens with zero attached hydrogens (tertiary/aromatic N) is 2. The van der Waals surface area contributed by atoms with Crippen molar-refractivity contribution in [2.24, 2.45) is 0 Å². The van der Waals surface area contributed by atoms with Crippen molar-refractivity contribution >= 4 is 28.9 Å². The van der Waals surface area contributed by atoms with E-state index in [-0.39, 0.29) is 6.04 Å². The Balaban J connectivity index is 1.63. The first-order valence-corrected chi connectivity index (χ1v) is 8.52. The SMILES string of the molecule is O=C(O)[C@@H]1CCCN1Cc1csc(Cc2ccc(Cl)cc2)n1. The second-order valence-electron chi connectivity index (χ2n) is 5.50. The van der Waals surface area contributed by atoms with Crippen molar-refractivity contribution in [3.8, 4) is 0 Å². The smallest absolute Gasteiger partial charge is 0.320 e. The summed E-state index contributed by atoms with van der Waals surface area (Å²) in [5.74, 6) is -0.728. The monoisotopic (exact) mass is 336 g/mol. The van der Waals surface area contributed by atoms with E-state index in [0.717, 1.165) is 41.5 Å². The van der Waals surface area contributed by atoms with Gasteiger partial charge in [0.1, 0.15) is 6.04 Å². The standard InChI is InChI=1S/C16H17ClN2O2S/c17-12-5-3-11(4-6-12)8-15-18-13(10-22-15)9-19-7-1-2-14(19)16(20)21/h3-6,10,14H,1-2,7-9H2,(H,20,21)/t14-/m0/s1. The van der Waals surface area contributed by atoms with Crippen molar-refractivity contribution in [1.29, 1.82) is 0 Å². The van der Waals surface area contributed by atoms with E-state index in [1.807, 2.05) is 34.5 Å². The fraction of sp³-hybridized carbons (Fsp3) is 0.375. The minimum atomic E-state index is -0.728. The lowest BCUT2D eigenvalue weighted by molar-refractivity contribution is -0.142. The first-order chi connectivity index (χ1) is 10.6. The fourth-order valence-corrected chi connectivity index (χ4v) is 3.73. The molecule has 1 aliphatic rings. The Labute approximate surface area is 138 Å². The highest BCUT2D eigenvalue weighted by Crippen LogP contribution is 2.22. The molecule has 6 heteroatoms. The second-order valence-corrected chi connectivity index (χ2v) is 6.88. The summed E-state index contributed by atoms with van der Waals surface area (Å²) in [6, 6.07) is 7.41. The summed E-state index contributed by atoms with van der Waals surface area (Å²) in [5, 5.41) is 13.0. The predicted octanol–water partition coefficient (Wildman–Crippen LogP) is 3.44. The molecule has 1 aliphatic heterocycles. The number of aliphatic carboxylic acids is 1. The van der Waals surface area contributed by atoms with Crippen LogP contribution in [-0.4, -0.2) is 33.5 Å². The number of hydrogen-bond donors (Lipinski definition) is 1. The van der Waals surface area contributed by atoms with Gasteiger partial charge in [-0.05, 0) is 37.1 Å². The van der Waals surface area contributed by atoms with Crippen molar-refractivity contribution in [3.05, 3.63) is 50.9 Å². The normalized spacial score (nSPS) is 18.7. The molecule has 1 aromatic heterocycles. The second kappa shape index (κ2) is 6.77. The Morgan fingerprint density at radius 1 is 1.41 bits per heavy atom. The molecule has 1 N–H and O–H groups in total. The highest BCUT2D eigenvalue weighted by Gasteiger charge is 2.30. The van der Waals surface area contributed by atoms with E-state index in [0.29, 0.717) is 6.54 Å². The molecule has 2 aromatic rings. The largest absolute Gasteiger partial charge is 0.480 e. The van der Waals surface area contributed by atoms with Crippen molar-refractivity contribution in [1.82, 2.24) is 9.88 Å². The Morgan fingerprint density at radius 2 is 2.18 bits per heavy atom. The Bertz CT molecular complexity index is 656. The number of likely N-dealkylation sites (tertiary alicyclic amines) is 1. The van der Waals surface area contributed by atoms with Gasteiger partial charge in [0.15, 0.2) is 0 Å². The summed E-state index contributed by atoms with van der Waals surface area (Å²) in [6.45, 7) is 1.45. The highest BCUT2D eigenvalue weighted by molar-refractivity contribution is 7.09. The van der Waals surface area contributed by atoms with Crippen LogP contribution in [0.25, 0.3) is 0 Å². The number of carboxylic acids is 1. The van der Waals surface area contributed by atoms with Gasteiger partial charge in [0.2, 0.25) is 0 Å². The van der Waals surface area contributed by atoms with Crippen molar-refractivity contribution in [2.75, 3.05) is 6.54 Å². The van der Waals surface area contributed by atoms with E-state index >= 15 is 0 Å². The van der Waals surface area contributed by atoms with Crippen LogP contribution < -0.4 is 0 Å². The van der Waals surface area contributed by atoms with Crippen LogP contribution in [0.1, 0.15) is 29.1 Å². The van der Waals surface area contributed by atoms with E-state index < -0.39 is 5.97 Å². The molecule has 1 saturated heterocycles. The number of thiazole rings is 1. The van der Waals surface area contributed by atoms with Gasteiger partial charge in [-0.1, -0.05) is 23.7 Å². The Kier molecular flexibility index (Phi) is 4.76. The van der Waals surface area contributed by atoms with Crippen molar-refractivity contribution in [3.63, 3.8) is 0 Å². The average Bonchev–Trinajstić information content (AvgIpc) is 3.11. The number of aromatic nitrogens is 1. The number of carbonyl (C=O) groups is 1. The summed E-state index contributed by atoms with van der Waals surface area (Å²) in [6.07, 6.45) is 2.46. The molecule has 1 atom stereocenters. The molecule has 3 rings (SSSR count). The van der Waals surface area contributed by atoms with Crippen LogP contribution in [0.2, 0.25) is 5.02 Å². The molecule has 4 nitrogen and oxygen atoms in total. The van der Waals surface area contributed by atoms with E-state index in [9.17, 15) is 9.90 Å². The third kappa shape index (κ3) is 3.66. The molecule has 0 radical (unpaired) electrons. The number of halogens is 1. The van der Waals surface area contributed by atoms with Gasteiger partial charge < -0.3 is 5.11 Å². The molecular weight excluding hydrogens is 320 g/mol. The summed E-state index contributed by atoms with van der Waals surface area (Å²) in [4.78, 5) is 17.8. The number of hydrogen-bond acceptors (Lipinski definition) is 4. The van der Waals surface area contributed by atoms with Gasteiger partial charge >= 0.3 is 5.97 Å². The van der Waals surface area contributed by atoms with Crippen LogP contribution in [0.4, 0.5) is 0 Å². The molecular formula is C16H17ClN2O2S. The molecule has 116 valence electrons. The van der Waals surface area contributed by atoms with Crippen LogP contribution >= 0.6 is 22.9 Å². The van der Waals surface area contributed by atoms with Gasteiger partial charge in [-0.2, -0.15) is 0 Å². The van der Waals surface area contributed by atoms with E-state index in [4.69, 9.17) is 11.6 Å². The lowest BCUT2D eigenvalue weighted by Crippen LogP contribution is -2.35. The summed E-state index contributed by atoms with van der Waals surface area (Å²) >= 11 is 7.51.